The Balaban J connectivity index is 2.33. The highest BCUT2D eigenvalue weighted by atomic mass is 16.2. The smallest absolute Gasteiger partial charge is 0.261 e. The fourth-order valence-corrected chi connectivity index (χ4v) is 2.44. The molecule has 1 heterocycles. The molecule has 1 N–H and O–H groups in total. The van der Waals surface area contributed by atoms with Crippen LogP contribution in [0, 0.1) is 0 Å². The SMILES string of the molecule is CCCCN(C)C(=O)c1cc2c([nH]c1=O)CCCC2=O. The highest BCUT2D eigenvalue weighted by Crippen LogP contribution is 2.19. The molecule has 1 aliphatic rings. The highest BCUT2D eigenvalue weighted by Gasteiger charge is 2.23. The van der Waals surface area contributed by atoms with Crippen molar-refractivity contribution in [2.24, 2.45) is 0 Å². The molecule has 20 heavy (non-hydrogen) atoms. The summed E-state index contributed by atoms with van der Waals surface area (Å²) in [5.41, 5.74) is 0.839. The van der Waals surface area contributed by atoms with Crippen molar-refractivity contribution in [3.8, 4) is 0 Å². The summed E-state index contributed by atoms with van der Waals surface area (Å²) in [6.07, 6.45) is 3.81. The van der Waals surface area contributed by atoms with E-state index in [0.29, 0.717) is 30.6 Å². The van der Waals surface area contributed by atoms with Gasteiger partial charge in [-0.25, -0.2) is 0 Å². The highest BCUT2D eigenvalue weighted by molar-refractivity contribution is 6.01. The number of unbranched alkanes of at least 4 members (excludes halogenated alkanes) is 1. The van der Waals surface area contributed by atoms with Gasteiger partial charge in [-0.15, -0.1) is 0 Å². The van der Waals surface area contributed by atoms with Crippen molar-refractivity contribution in [2.75, 3.05) is 13.6 Å². The number of aryl methyl sites for hydroxylation is 1. The molecule has 1 amide bonds. The zero-order chi connectivity index (χ0) is 14.7. The van der Waals surface area contributed by atoms with E-state index in [1.54, 1.807) is 7.05 Å². The van der Waals surface area contributed by atoms with Crippen LogP contribution in [0.2, 0.25) is 0 Å². The average molecular weight is 276 g/mol. The molecule has 5 heteroatoms. The average Bonchev–Trinajstić information content (AvgIpc) is 2.43. The van der Waals surface area contributed by atoms with E-state index in [9.17, 15) is 14.4 Å². The third-order valence-electron chi connectivity index (χ3n) is 3.68. The van der Waals surface area contributed by atoms with Crippen LogP contribution in [0.25, 0.3) is 0 Å². The normalized spacial score (nSPS) is 14.0. The molecule has 0 atom stereocenters. The minimum atomic E-state index is -0.396. The van der Waals surface area contributed by atoms with E-state index in [0.717, 1.165) is 19.3 Å². The van der Waals surface area contributed by atoms with Crippen LogP contribution in [0.15, 0.2) is 10.9 Å². The molecule has 2 rings (SSSR count). The van der Waals surface area contributed by atoms with Crippen LogP contribution in [-0.2, 0) is 6.42 Å². The Morgan fingerprint density at radius 1 is 1.35 bits per heavy atom. The predicted molar refractivity (Wildman–Crippen MR) is 76.2 cm³/mol. The lowest BCUT2D eigenvalue weighted by Gasteiger charge is -2.19. The molecule has 0 spiro atoms. The first-order chi connectivity index (χ1) is 9.54. The minimum Gasteiger partial charge on any atom is -0.342 e. The fraction of sp³-hybridized carbons (Fsp3) is 0.533. The Morgan fingerprint density at radius 2 is 2.10 bits per heavy atom. The number of H-pyrrole nitrogens is 1. The van der Waals surface area contributed by atoms with Gasteiger partial charge in [0, 0.05) is 31.3 Å². The van der Waals surface area contributed by atoms with E-state index >= 15 is 0 Å². The summed E-state index contributed by atoms with van der Waals surface area (Å²) in [6, 6.07) is 1.47. The van der Waals surface area contributed by atoms with Gasteiger partial charge in [0.15, 0.2) is 5.78 Å². The Labute approximate surface area is 118 Å². The van der Waals surface area contributed by atoms with Crippen molar-refractivity contribution in [3.63, 3.8) is 0 Å². The summed E-state index contributed by atoms with van der Waals surface area (Å²) < 4.78 is 0. The van der Waals surface area contributed by atoms with E-state index in [2.05, 4.69) is 4.98 Å². The van der Waals surface area contributed by atoms with Gasteiger partial charge >= 0.3 is 0 Å². The van der Waals surface area contributed by atoms with Crippen LogP contribution in [0.5, 0.6) is 0 Å². The number of nitrogens with zero attached hydrogens (tertiary/aromatic N) is 1. The van der Waals surface area contributed by atoms with E-state index < -0.39 is 5.56 Å². The van der Waals surface area contributed by atoms with Crippen LogP contribution in [0.1, 0.15) is 59.0 Å². The van der Waals surface area contributed by atoms with Gasteiger partial charge in [-0.3, -0.25) is 14.4 Å². The molecule has 0 radical (unpaired) electrons. The number of hydrogen-bond donors (Lipinski definition) is 1. The molecule has 0 aliphatic heterocycles. The maximum Gasteiger partial charge on any atom is 0.261 e. The summed E-state index contributed by atoms with van der Waals surface area (Å²) in [4.78, 5) is 40.4. The van der Waals surface area contributed by atoms with Crippen LogP contribution in [0.3, 0.4) is 0 Å². The number of carbonyl (C=O) groups is 2. The lowest BCUT2D eigenvalue weighted by atomic mass is 9.93. The number of carbonyl (C=O) groups excluding carboxylic acids is 2. The second-order valence-corrected chi connectivity index (χ2v) is 5.26. The molecule has 0 saturated carbocycles. The Morgan fingerprint density at radius 3 is 2.80 bits per heavy atom. The van der Waals surface area contributed by atoms with Crippen molar-refractivity contribution in [1.29, 1.82) is 0 Å². The lowest BCUT2D eigenvalue weighted by Crippen LogP contribution is -2.33. The monoisotopic (exact) mass is 276 g/mol. The van der Waals surface area contributed by atoms with Gasteiger partial charge in [-0.2, -0.15) is 0 Å². The number of aromatic amines is 1. The third kappa shape index (κ3) is 2.81. The van der Waals surface area contributed by atoms with Gasteiger partial charge in [-0.05, 0) is 25.3 Å². The fourth-order valence-electron chi connectivity index (χ4n) is 2.44. The van der Waals surface area contributed by atoms with Gasteiger partial charge in [0.2, 0.25) is 0 Å². The number of hydrogen-bond acceptors (Lipinski definition) is 3. The summed E-state index contributed by atoms with van der Waals surface area (Å²) in [5, 5.41) is 0. The number of rotatable bonds is 4. The van der Waals surface area contributed by atoms with Crippen molar-refractivity contribution in [3.05, 3.63) is 33.2 Å². The Bertz CT molecular complexity index is 589. The Kier molecular flexibility index (Phi) is 4.37. The van der Waals surface area contributed by atoms with E-state index in [-0.39, 0.29) is 17.3 Å². The lowest BCUT2D eigenvalue weighted by molar-refractivity contribution is 0.0791. The second kappa shape index (κ2) is 6.03. The zero-order valence-electron chi connectivity index (χ0n) is 12.0. The third-order valence-corrected chi connectivity index (χ3v) is 3.68. The van der Waals surface area contributed by atoms with Gasteiger partial charge in [0.05, 0.1) is 0 Å². The van der Waals surface area contributed by atoms with E-state index in [1.165, 1.54) is 11.0 Å². The van der Waals surface area contributed by atoms with Crippen LogP contribution in [-0.4, -0.2) is 35.2 Å². The largest absolute Gasteiger partial charge is 0.342 e. The van der Waals surface area contributed by atoms with Crippen molar-refractivity contribution in [1.82, 2.24) is 9.88 Å². The van der Waals surface area contributed by atoms with Crippen LogP contribution >= 0.6 is 0 Å². The number of amides is 1. The number of pyridine rings is 1. The summed E-state index contributed by atoms with van der Waals surface area (Å²) in [7, 11) is 1.68. The molecule has 1 aliphatic carbocycles. The summed E-state index contributed by atoms with van der Waals surface area (Å²) in [6.45, 7) is 2.66. The van der Waals surface area contributed by atoms with Crippen LogP contribution in [0.4, 0.5) is 0 Å². The Hall–Kier alpha value is -1.91. The second-order valence-electron chi connectivity index (χ2n) is 5.26. The molecule has 108 valence electrons. The first kappa shape index (κ1) is 14.5. The molecular formula is C15H20N2O3. The molecule has 1 aromatic rings. The maximum atomic E-state index is 12.3. The number of nitrogens with one attached hydrogen (secondary N) is 1. The number of Topliss-reactive ketones (excluding diaryl/α,β-unsaturated/α-hetero) is 1. The molecular weight excluding hydrogens is 256 g/mol. The molecule has 5 nitrogen and oxygen atoms in total. The van der Waals surface area contributed by atoms with Gasteiger partial charge in [-0.1, -0.05) is 13.3 Å². The molecule has 1 aromatic heterocycles. The molecule has 0 fully saturated rings. The predicted octanol–water partition coefficient (Wildman–Crippen LogP) is 1.77. The van der Waals surface area contributed by atoms with Crippen molar-refractivity contribution < 1.29 is 9.59 Å². The van der Waals surface area contributed by atoms with Gasteiger partial charge in [0.1, 0.15) is 5.56 Å². The molecule has 0 saturated heterocycles. The molecule has 0 bridgehead atoms. The minimum absolute atomic E-state index is 0.00719. The first-order valence-electron chi connectivity index (χ1n) is 7.09. The first-order valence-corrected chi connectivity index (χ1v) is 7.09. The number of ketones is 1. The van der Waals surface area contributed by atoms with Gasteiger partial charge in [0.25, 0.3) is 11.5 Å². The molecule has 0 unspecified atom stereocenters. The topological polar surface area (TPSA) is 70.2 Å². The number of fused-ring (bicyclic) bond motifs is 1. The summed E-state index contributed by atoms with van der Waals surface area (Å²) in [5.74, 6) is -0.311. The van der Waals surface area contributed by atoms with Gasteiger partial charge < -0.3 is 9.88 Å². The van der Waals surface area contributed by atoms with Crippen LogP contribution < -0.4 is 5.56 Å². The summed E-state index contributed by atoms with van der Waals surface area (Å²) >= 11 is 0. The van der Waals surface area contributed by atoms with Crippen molar-refractivity contribution >= 4 is 11.7 Å². The van der Waals surface area contributed by atoms with E-state index in [4.69, 9.17) is 0 Å². The number of aromatic nitrogens is 1. The maximum absolute atomic E-state index is 12.3. The van der Waals surface area contributed by atoms with E-state index in [1.807, 2.05) is 6.92 Å². The molecule has 0 aromatic carbocycles. The quantitative estimate of drug-likeness (QED) is 0.911. The zero-order valence-corrected chi connectivity index (χ0v) is 12.0. The van der Waals surface area contributed by atoms with Crippen molar-refractivity contribution in [2.45, 2.75) is 39.0 Å². The standard InChI is InChI=1S/C15H20N2O3/c1-3-4-8-17(2)15(20)11-9-10-12(16-14(11)19)6-5-7-13(10)18/h9H,3-8H2,1-2H3,(H,16,19).